The summed E-state index contributed by atoms with van der Waals surface area (Å²) in [5.74, 6) is -1.54. The number of hydrogen-bond donors (Lipinski definition) is 0. The van der Waals surface area contributed by atoms with Crippen molar-refractivity contribution in [3.05, 3.63) is 35.4 Å². The van der Waals surface area contributed by atoms with E-state index in [0.717, 1.165) is 50.4 Å². The Morgan fingerprint density at radius 3 is 2.90 bits per heavy atom. The molecule has 1 atom stereocenters. The van der Waals surface area contributed by atoms with Crippen LogP contribution in [0.5, 0.6) is 0 Å². The van der Waals surface area contributed by atoms with Gasteiger partial charge in [0.05, 0.1) is 12.1 Å². The van der Waals surface area contributed by atoms with E-state index in [4.69, 9.17) is 0 Å². The van der Waals surface area contributed by atoms with Crippen LogP contribution in [0, 0.1) is 11.6 Å². The number of likely N-dealkylation sites (tertiary alicyclic amines) is 1. The lowest BCUT2D eigenvalue weighted by Gasteiger charge is -2.35. The zero-order valence-corrected chi connectivity index (χ0v) is 11.9. The fraction of sp³-hybridized carbons (Fsp3) is 0.562. The Morgan fingerprint density at radius 1 is 1.35 bits per heavy atom. The minimum atomic E-state index is -0.638. The molecule has 0 saturated carbocycles. The third-order valence-corrected chi connectivity index (χ3v) is 3.95. The molecule has 0 aliphatic carbocycles. The molecular weight excluding hydrogens is 260 g/mol. The third-order valence-electron chi connectivity index (χ3n) is 3.95. The first-order valence-electron chi connectivity index (χ1n) is 7.34. The van der Waals surface area contributed by atoms with Crippen molar-refractivity contribution in [2.75, 3.05) is 13.1 Å². The van der Waals surface area contributed by atoms with Crippen LogP contribution in [-0.2, 0) is 0 Å². The number of benzene rings is 1. The zero-order chi connectivity index (χ0) is 14.5. The lowest BCUT2D eigenvalue weighted by atomic mass is 9.97. The molecule has 1 aromatic carbocycles. The summed E-state index contributed by atoms with van der Waals surface area (Å²) in [6, 6.07) is 3.44. The van der Waals surface area contributed by atoms with Crippen molar-refractivity contribution in [3.63, 3.8) is 0 Å². The highest BCUT2D eigenvalue weighted by atomic mass is 19.1. The summed E-state index contributed by atoms with van der Waals surface area (Å²) in [5, 5.41) is 0. The molecule has 1 saturated heterocycles. The van der Waals surface area contributed by atoms with Gasteiger partial charge in [-0.1, -0.05) is 19.8 Å². The second-order valence-corrected chi connectivity index (χ2v) is 5.46. The average Bonchev–Trinajstić information content (AvgIpc) is 2.44. The van der Waals surface area contributed by atoms with Crippen molar-refractivity contribution in [2.24, 2.45) is 0 Å². The summed E-state index contributed by atoms with van der Waals surface area (Å²) in [7, 11) is 0. The first-order valence-corrected chi connectivity index (χ1v) is 7.34. The summed E-state index contributed by atoms with van der Waals surface area (Å²) in [6.45, 7) is 3.18. The van der Waals surface area contributed by atoms with Crippen LogP contribution in [0.2, 0.25) is 0 Å². The van der Waals surface area contributed by atoms with Crippen molar-refractivity contribution < 1.29 is 13.6 Å². The van der Waals surface area contributed by atoms with Crippen LogP contribution >= 0.6 is 0 Å². The van der Waals surface area contributed by atoms with Crippen LogP contribution in [0.15, 0.2) is 18.2 Å². The smallest absolute Gasteiger partial charge is 0.179 e. The molecule has 0 spiro atoms. The SMILES string of the molecule is CCCC1CCCCN1CC(=O)c1cc(F)ccc1F. The summed E-state index contributed by atoms with van der Waals surface area (Å²) < 4.78 is 26.8. The van der Waals surface area contributed by atoms with Crippen LogP contribution < -0.4 is 0 Å². The van der Waals surface area contributed by atoms with Crippen LogP contribution in [-0.4, -0.2) is 29.8 Å². The number of ketones is 1. The molecule has 0 radical (unpaired) electrons. The van der Waals surface area contributed by atoms with E-state index < -0.39 is 11.6 Å². The predicted molar refractivity (Wildman–Crippen MR) is 74.8 cm³/mol. The molecule has 0 N–H and O–H groups in total. The number of piperidine rings is 1. The Balaban J connectivity index is 2.07. The van der Waals surface area contributed by atoms with Gasteiger partial charge in [-0.3, -0.25) is 9.69 Å². The maximum atomic E-state index is 13.6. The van der Waals surface area contributed by atoms with Gasteiger partial charge >= 0.3 is 0 Å². The molecule has 0 bridgehead atoms. The topological polar surface area (TPSA) is 20.3 Å². The van der Waals surface area contributed by atoms with Gasteiger partial charge in [-0.15, -0.1) is 0 Å². The Labute approximate surface area is 118 Å². The second kappa shape index (κ2) is 6.93. The van der Waals surface area contributed by atoms with Gasteiger partial charge in [0.25, 0.3) is 0 Å². The summed E-state index contributed by atoms with van der Waals surface area (Å²) in [5.41, 5.74) is -0.133. The van der Waals surface area contributed by atoms with Gasteiger partial charge in [-0.25, -0.2) is 8.78 Å². The molecule has 110 valence electrons. The van der Waals surface area contributed by atoms with Crippen molar-refractivity contribution in [1.29, 1.82) is 0 Å². The number of nitrogens with zero attached hydrogens (tertiary/aromatic N) is 1. The first kappa shape index (κ1) is 15.1. The van der Waals surface area contributed by atoms with Crippen LogP contribution in [0.1, 0.15) is 49.4 Å². The molecule has 20 heavy (non-hydrogen) atoms. The number of carbonyl (C=O) groups is 1. The second-order valence-electron chi connectivity index (χ2n) is 5.46. The summed E-state index contributed by atoms with van der Waals surface area (Å²) >= 11 is 0. The lowest BCUT2D eigenvalue weighted by molar-refractivity contribution is 0.0827. The van der Waals surface area contributed by atoms with Gasteiger partial charge < -0.3 is 0 Å². The molecule has 4 heteroatoms. The van der Waals surface area contributed by atoms with Gasteiger partial charge in [-0.2, -0.15) is 0 Å². The largest absolute Gasteiger partial charge is 0.293 e. The summed E-state index contributed by atoms with van der Waals surface area (Å²) in [6.07, 6.45) is 5.47. The number of hydrogen-bond acceptors (Lipinski definition) is 2. The normalized spacial score (nSPS) is 20.1. The molecule has 1 heterocycles. The molecular formula is C16H21F2NO. The molecule has 1 aliphatic rings. The Hall–Kier alpha value is -1.29. The first-order chi connectivity index (χ1) is 9.61. The Bertz CT molecular complexity index is 474. The van der Waals surface area contributed by atoms with E-state index in [1.807, 2.05) is 0 Å². The standard InChI is InChI=1S/C16H21F2NO/c1-2-5-13-6-3-4-9-19(13)11-16(20)14-10-12(17)7-8-15(14)18/h7-8,10,13H,2-6,9,11H2,1H3. The number of rotatable bonds is 5. The van der Waals surface area contributed by atoms with Gasteiger partial charge in [0.15, 0.2) is 5.78 Å². The van der Waals surface area contributed by atoms with E-state index in [1.165, 1.54) is 6.42 Å². The molecule has 0 aromatic heterocycles. The molecule has 2 rings (SSSR count). The van der Waals surface area contributed by atoms with E-state index in [-0.39, 0.29) is 17.9 Å². The highest BCUT2D eigenvalue weighted by Crippen LogP contribution is 2.21. The highest BCUT2D eigenvalue weighted by Gasteiger charge is 2.25. The number of Topliss-reactive ketones (excluding diaryl/α,β-unsaturated/α-hetero) is 1. The molecule has 1 fully saturated rings. The van der Waals surface area contributed by atoms with Crippen LogP contribution in [0.25, 0.3) is 0 Å². The zero-order valence-electron chi connectivity index (χ0n) is 11.9. The van der Waals surface area contributed by atoms with Crippen molar-refractivity contribution in [3.8, 4) is 0 Å². The van der Waals surface area contributed by atoms with E-state index in [2.05, 4.69) is 11.8 Å². The number of carbonyl (C=O) groups excluding carboxylic acids is 1. The van der Waals surface area contributed by atoms with Gasteiger partial charge in [0.1, 0.15) is 11.6 Å². The molecule has 0 amide bonds. The molecule has 1 aliphatic heterocycles. The Morgan fingerprint density at radius 2 is 2.15 bits per heavy atom. The van der Waals surface area contributed by atoms with Gasteiger partial charge in [0.2, 0.25) is 0 Å². The monoisotopic (exact) mass is 281 g/mol. The lowest BCUT2D eigenvalue weighted by Crippen LogP contribution is -2.42. The van der Waals surface area contributed by atoms with E-state index in [0.29, 0.717) is 6.04 Å². The van der Waals surface area contributed by atoms with E-state index >= 15 is 0 Å². The maximum Gasteiger partial charge on any atom is 0.179 e. The average molecular weight is 281 g/mol. The third kappa shape index (κ3) is 3.63. The Kier molecular flexibility index (Phi) is 5.24. The summed E-state index contributed by atoms with van der Waals surface area (Å²) in [4.78, 5) is 14.3. The van der Waals surface area contributed by atoms with Crippen LogP contribution in [0.3, 0.4) is 0 Å². The van der Waals surface area contributed by atoms with Crippen molar-refractivity contribution in [1.82, 2.24) is 4.90 Å². The fourth-order valence-electron chi connectivity index (χ4n) is 2.91. The molecule has 2 nitrogen and oxygen atoms in total. The van der Waals surface area contributed by atoms with Crippen LogP contribution in [0.4, 0.5) is 8.78 Å². The molecule has 1 aromatic rings. The van der Waals surface area contributed by atoms with E-state index in [9.17, 15) is 13.6 Å². The van der Waals surface area contributed by atoms with Crippen molar-refractivity contribution in [2.45, 2.75) is 45.1 Å². The predicted octanol–water partition coefficient (Wildman–Crippen LogP) is 3.80. The minimum absolute atomic E-state index is 0.133. The fourth-order valence-corrected chi connectivity index (χ4v) is 2.91. The van der Waals surface area contributed by atoms with Gasteiger partial charge in [-0.05, 0) is 44.0 Å². The minimum Gasteiger partial charge on any atom is -0.293 e. The quantitative estimate of drug-likeness (QED) is 0.765. The molecule has 1 unspecified atom stereocenters. The number of halogens is 2. The van der Waals surface area contributed by atoms with Gasteiger partial charge in [0, 0.05) is 6.04 Å². The van der Waals surface area contributed by atoms with E-state index in [1.54, 1.807) is 0 Å². The highest BCUT2D eigenvalue weighted by molar-refractivity contribution is 5.97. The van der Waals surface area contributed by atoms with Crippen molar-refractivity contribution >= 4 is 5.78 Å². The maximum absolute atomic E-state index is 13.6.